The van der Waals surface area contributed by atoms with Crippen LogP contribution in [-0.2, 0) is 4.79 Å². The third kappa shape index (κ3) is 1.39. The number of Topliss-reactive ketones (excluding diaryl/α,β-unsaturated/α-hetero) is 1. The molecule has 0 amide bonds. The van der Waals surface area contributed by atoms with Crippen LogP contribution in [0.3, 0.4) is 0 Å². The van der Waals surface area contributed by atoms with Crippen molar-refractivity contribution in [2.24, 2.45) is 17.3 Å². The van der Waals surface area contributed by atoms with Gasteiger partial charge in [-0.1, -0.05) is 20.8 Å². The Bertz CT molecular complexity index is 232. The molecule has 2 atom stereocenters. The van der Waals surface area contributed by atoms with E-state index in [1.807, 2.05) is 6.92 Å². The molecule has 1 saturated carbocycles. The van der Waals surface area contributed by atoms with Crippen molar-refractivity contribution < 1.29 is 4.79 Å². The molecule has 0 saturated heterocycles. The van der Waals surface area contributed by atoms with E-state index in [0.29, 0.717) is 12.2 Å². The van der Waals surface area contributed by atoms with E-state index >= 15 is 0 Å². The van der Waals surface area contributed by atoms with Crippen molar-refractivity contribution in [3.8, 4) is 12.3 Å². The van der Waals surface area contributed by atoms with Crippen LogP contribution in [0.25, 0.3) is 0 Å². The maximum Gasteiger partial charge on any atom is 0.136 e. The summed E-state index contributed by atoms with van der Waals surface area (Å²) < 4.78 is 0. The molecule has 0 aromatic carbocycles. The van der Waals surface area contributed by atoms with Gasteiger partial charge in [-0.2, -0.15) is 0 Å². The number of terminal acetylenes is 1. The Hall–Kier alpha value is -0.770. The normalized spacial score (nSPS) is 34.3. The van der Waals surface area contributed by atoms with Crippen molar-refractivity contribution in [3.63, 3.8) is 0 Å². The van der Waals surface area contributed by atoms with E-state index in [0.717, 1.165) is 6.42 Å². The molecule has 0 aromatic rings. The van der Waals surface area contributed by atoms with Gasteiger partial charge in [0.2, 0.25) is 0 Å². The minimum absolute atomic E-state index is 0.0544. The number of carbonyl (C=O) groups is 1. The molecule has 0 radical (unpaired) electrons. The van der Waals surface area contributed by atoms with Gasteiger partial charge in [0.25, 0.3) is 0 Å². The topological polar surface area (TPSA) is 17.1 Å². The van der Waals surface area contributed by atoms with Crippen LogP contribution >= 0.6 is 0 Å². The Morgan fingerprint density at radius 1 is 1.58 bits per heavy atom. The number of hydrogen-bond acceptors (Lipinski definition) is 1. The number of rotatable bonds is 0. The third-order valence-electron chi connectivity index (χ3n) is 3.05. The number of hydrogen-bond donors (Lipinski definition) is 0. The lowest BCUT2D eigenvalue weighted by molar-refractivity contribution is -0.128. The molecule has 1 rings (SSSR count). The van der Waals surface area contributed by atoms with Crippen LogP contribution in [0, 0.1) is 29.6 Å². The van der Waals surface area contributed by atoms with Gasteiger partial charge in [-0.3, -0.25) is 4.79 Å². The molecule has 1 fully saturated rings. The quantitative estimate of drug-likeness (QED) is 0.502. The number of carbonyl (C=O) groups excluding carboxylic acids is 1. The van der Waals surface area contributed by atoms with Gasteiger partial charge in [0, 0.05) is 18.3 Å². The molecule has 1 heteroatoms. The lowest BCUT2D eigenvalue weighted by atomic mass is 9.64. The Balaban J connectivity index is 2.88. The highest BCUT2D eigenvalue weighted by atomic mass is 16.1. The first-order chi connectivity index (χ1) is 5.49. The molecule has 12 heavy (non-hydrogen) atoms. The molecule has 1 aliphatic rings. The highest BCUT2D eigenvalue weighted by Gasteiger charge is 2.39. The monoisotopic (exact) mass is 164 g/mol. The van der Waals surface area contributed by atoms with Crippen molar-refractivity contribution in [1.29, 1.82) is 0 Å². The molecule has 0 aliphatic heterocycles. The Kier molecular flexibility index (Phi) is 2.28. The molecule has 0 N–H and O–H groups in total. The van der Waals surface area contributed by atoms with Crippen molar-refractivity contribution >= 4 is 5.78 Å². The molecule has 66 valence electrons. The predicted octanol–water partition coefficient (Wildman–Crippen LogP) is 2.26. The average molecular weight is 164 g/mol. The van der Waals surface area contributed by atoms with Crippen molar-refractivity contribution in [2.45, 2.75) is 33.6 Å². The fourth-order valence-electron chi connectivity index (χ4n) is 2.06. The van der Waals surface area contributed by atoms with Crippen molar-refractivity contribution in [1.82, 2.24) is 0 Å². The fourth-order valence-corrected chi connectivity index (χ4v) is 2.06. The first-order valence-electron chi connectivity index (χ1n) is 4.48. The van der Waals surface area contributed by atoms with Crippen LogP contribution in [0.5, 0.6) is 0 Å². The molecule has 0 spiro atoms. The van der Waals surface area contributed by atoms with Gasteiger partial charge in [-0.05, 0) is 11.8 Å². The van der Waals surface area contributed by atoms with Gasteiger partial charge >= 0.3 is 0 Å². The van der Waals surface area contributed by atoms with E-state index in [4.69, 9.17) is 6.42 Å². The van der Waals surface area contributed by atoms with Crippen LogP contribution in [-0.4, -0.2) is 5.78 Å². The Morgan fingerprint density at radius 2 is 2.17 bits per heavy atom. The van der Waals surface area contributed by atoms with Gasteiger partial charge in [0.15, 0.2) is 0 Å². The first-order valence-corrected chi connectivity index (χ1v) is 4.48. The van der Waals surface area contributed by atoms with Gasteiger partial charge < -0.3 is 0 Å². The van der Waals surface area contributed by atoms with Gasteiger partial charge in [0.05, 0.1) is 0 Å². The van der Waals surface area contributed by atoms with E-state index < -0.39 is 0 Å². The summed E-state index contributed by atoms with van der Waals surface area (Å²) in [5.41, 5.74) is 0.141. The highest BCUT2D eigenvalue weighted by Crippen LogP contribution is 2.41. The summed E-state index contributed by atoms with van der Waals surface area (Å²) >= 11 is 0. The van der Waals surface area contributed by atoms with Crippen LogP contribution < -0.4 is 0 Å². The summed E-state index contributed by atoms with van der Waals surface area (Å²) in [6.45, 7) is 6.26. The van der Waals surface area contributed by atoms with Crippen LogP contribution in [0.1, 0.15) is 33.6 Å². The first kappa shape index (κ1) is 9.32. The second-order valence-corrected chi connectivity index (χ2v) is 4.39. The second kappa shape index (κ2) is 2.94. The average Bonchev–Trinajstić information content (AvgIpc) is 1.99. The maximum atomic E-state index is 11.4. The van der Waals surface area contributed by atoms with Crippen molar-refractivity contribution in [2.75, 3.05) is 0 Å². The molecule has 1 nitrogen and oxygen atoms in total. The minimum Gasteiger partial charge on any atom is -0.299 e. The maximum absolute atomic E-state index is 11.4. The Labute approximate surface area is 74.5 Å². The minimum atomic E-state index is 0.0544. The lowest BCUT2D eigenvalue weighted by Gasteiger charge is -2.38. The van der Waals surface area contributed by atoms with E-state index in [9.17, 15) is 4.79 Å². The molecule has 2 unspecified atom stereocenters. The zero-order valence-corrected chi connectivity index (χ0v) is 8.05. The molecular formula is C11H16O. The lowest BCUT2D eigenvalue weighted by Crippen LogP contribution is -2.37. The standard InChI is InChI=1S/C11H16O/c1-5-9-8(2)10(12)6-7-11(9,3)4/h1,8-9H,6-7H2,2-4H3. The van der Waals surface area contributed by atoms with Gasteiger partial charge in [0.1, 0.15) is 5.78 Å². The SMILES string of the molecule is C#CC1C(C)C(=O)CCC1(C)C. The molecular weight excluding hydrogens is 148 g/mol. The van der Waals surface area contributed by atoms with E-state index in [1.54, 1.807) is 0 Å². The van der Waals surface area contributed by atoms with E-state index in [1.165, 1.54) is 0 Å². The highest BCUT2D eigenvalue weighted by molar-refractivity contribution is 5.82. The predicted molar refractivity (Wildman–Crippen MR) is 49.5 cm³/mol. The van der Waals surface area contributed by atoms with Gasteiger partial charge in [-0.15, -0.1) is 12.3 Å². The van der Waals surface area contributed by atoms with Crippen LogP contribution in [0.4, 0.5) is 0 Å². The van der Waals surface area contributed by atoms with Crippen LogP contribution in [0.2, 0.25) is 0 Å². The number of ketones is 1. The second-order valence-electron chi connectivity index (χ2n) is 4.39. The van der Waals surface area contributed by atoms with Crippen molar-refractivity contribution in [3.05, 3.63) is 0 Å². The molecule has 0 aromatic heterocycles. The summed E-state index contributed by atoms with van der Waals surface area (Å²) in [5.74, 6) is 3.26. The summed E-state index contributed by atoms with van der Waals surface area (Å²) in [6, 6.07) is 0. The summed E-state index contributed by atoms with van der Waals surface area (Å²) in [4.78, 5) is 11.4. The van der Waals surface area contributed by atoms with Crippen LogP contribution in [0.15, 0.2) is 0 Å². The summed E-state index contributed by atoms with van der Waals surface area (Å²) in [5, 5.41) is 0. The summed E-state index contributed by atoms with van der Waals surface area (Å²) in [6.07, 6.45) is 7.07. The molecule has 1 aliphatic carbocycles. The third-order valence-corrected chi connectivity index (χ3v) is 3.05. The zero-order chi connectivity index (χ0) is 9.35. The van der Waals surface area contributed by atoms with E-state index in [2.05, 4.69) is 19.8 Å². The summed E-state index contributed by atoms with van der Waals surface area (Å²) in [7, 11) is 0. The molecule has 0 bridgehead atoms. The Morgan fingerprint density at radius 3 is 2.58 bits per heavy atom. The fraction of sp³-hybridized carbons (Fsp3) is 0.727. The van der Waals surface area contributed by atoms with Gasteiger partial charge in [-0.25, -0.2) is 0 Å². The molecule has 0 heterocycles. The zero-order valence-electron chi connectivity index (χ0n) is 8.05. The smallest absolute Gasteiger partial charge is 0.136 e. The van der Waals surface area contributed by atoms with E-state index in [-0.39, 0.29) is 17.3 Å². The largest absolute Gasteiger partial charge is 0.299 e.